The first-order valence-electron chi connectivity index (χ1n) is 8.27. The second-order valence-electron chi connectivity index (χ2n) is 5.53. The second-order valence-corrected chi connectivity index (χ2v) is 5.53. The van der Waals surface area contributed by atoms with Crippen LogP contribution in [0.15, 0.2) is 42.2 Å². The highest BCUT2D eigenvalue weighted by molar-refractivity contribution is 6.10. The van der Waals surface area contributed by atoms with Crippen molar-refractivity contribution < 1.29 is 23.7 Å². The standard InChI is InChI=1S/C21H24O5/c1-6-14-11-16(19(25-4)13-18(14)24-3)12-20(26-5)21(22)15-7-9-17(23-2)10-8-15/h7-13H,6H2,1-5H3. The molecule has 0 spiro atoms. The summed E-state index contributed by atoms with van der Waals surface area (Å²) in [5.41, 5.74) is 2.29. The number of benzene rings is 2. The van der Waals surface area contributed by atoms with E-state index >= 15 is 0 Å². The number of hydrogen-bond acceptors (Lipinski definition) is 5. The summed E-state index contributed by atoms with van der Waals surface area (Å²) in [6.07, 6.45) is 2.48. The number of ether oxygens (including phenoxy) is 4. The molecule has 138 valence electrons. The van der Waals surface area contributed by atoms with E-state index in [9.17, 15) is 4.79 Å². The Morgan fingerprint density at radius 3 is 2.08 bits per heavy atom. The first-order valence-corrected chi connectivity index (χ1v) is 8.27. The van der Waals surface area contributed by atoms with Crippen molar-refractivity contribution in [3.05, 3.63) is 58.8 Å². The predicted octanol–water partition coefficient (Wildman–Crippen LogP) is 4.15. The van der Waals surface area contributed by atoms with E-state index in [1.807, 2.05) is 19.1 Å². The van der Waals surface area contributed by atoms with Crippen LogP contribution in [0.25, 0.3) is 6.08 Å². The Morgan fingerprint density at radius 2 is 1.58 bits per heavy atom. The average Bonchev–Trinajstić information content (AvgIpc) is 2.70. The zero-order valence-corrected chi connectivity index (χ0v) is 15.8. The summed E-state index contributed by atoms with van der Waals surface area (Å²) in [6, 6.07) is 10.6. The molecule has 0 bridgehead atoms. The normalized spacial score (nSPS) is 11.0. The number of ketones is 1. The van der Waals surface area contributed by atoms with Gasteiger partial charge in [0, 0.05) is 17.2 Å². The molecule has 0 N–H and O–H groups in total. The molecule has 2 aromatic carbocycles. The predicted molar refractivity (Wildman–Crippen MR) is 101 cm³/mol. The number of allylic oxidation sites excluding steroid dienone is 1. The lowest BCUT2D eigenvalue weighted by Gasteiger charge is -2.13. The number of rotatable bonds is 8. The monoisotopic (exact) mass is 356 g/mol. The summed E-state index contributed by atoms with van der Waals surface area (Å²) in [7, 11) is 6.26. The Hall–Kier alpha value is -2.95. The zero-order valence-electron chi connectivity index (χ0n) is 15.8. The Bertz CT molecular complexity index is 791. The molecule has 26 heavy (non-hydrogen) atoms. The fourth-order valence-corrected chi connectivity index (χ4v) is 2.62. The summed E-state index contributed by atoms with van der Waals surface area (Å²) in [4.78, 5) is 12.8. The van der Waals surface area contributed by atoms with Crippen LogP contribution >= 0.6 is 0 Å². The molecule has 0 atom stereocenters. The minimum Gasteiger partial charge on any atom is -0.497 e. The molecule has 0 amide bonds. The molecular formula is C21H24O5. The summed E-state index contributed by atoms with van der Waals surface area (Å²) < 4.78 is 21.3. The van der Waals surface area contributed by atoms with Gasteiger partial charge in [0.15, 0.2) is 5.76 Å². The van der Waals surface area contributed by atoms with Crippen molar-refractivity contribution in [1.82, 2.24) is 0 Å². The Kier molecular flexibility index (Phi) is 6.67. The maximum Gasteiger partial charge on any atom is 0.227 e. The fourth-order valence-electron chi connectivity index (χ4n) is 2.62. The van der Waals surface area contributed by atoms with Crippen molar-refractivity contribution >= 4 is 11.9 Å². The minimum absolute atomic E-state index is 0.217. The van der Waals surface area contributed by atoms with Crippen molar-refractivity contribution in [2.24, 2.45) is 0 Å². The highest BCUT2D eigenvalue weighted by atomic mass is 16.5. The number of aryl methyl sites for hydroxylation is 1. The van der Waals surface area contributed by atoms with Crippen molar-refractivity contribution in [1.29, 1.82) is 0 Å². The van der Waals surface area contributed by atoms with E-state index in [0.29, 0.717) is 17.1 Å². The van der Waals surface area contributed by atoms with Crippen molar-refractivity contribution in [2.75, 3.05) is 28.4 Å². The second kappa shape index (κ2) is 8.94. The van der Waals surface area contributed by atoms with Gasteiger partial charge >= 0.3 is 0 Å². The molecule has 0 fully saturated rings. The van der Waals surface area contributed by atoms with Gasteiger partial charge in [0.1, 0.15) is 17.2 Å². The Morgan fingerprint density at radius 1 is 0.923 bits per heavy atom. The maximum atomic E-state index is 12.8. The quantitative estimate of drug-likeness (QED) is 0.404. The van der Waals surface area contributed by atoms with E-state index < -0.39 is 0 Å². The van der Waals surface area contributed by atoms with Gasteiger partial charge in [-0.2, -0.15) is 0 Å². The van der Waals surface area contributed by atoms with Crippen LogP contribution in [0.3, 0.4) is 0 Å². The van der Waals surface area contributed by atoms with Gasteiger partial charge in [-0.3, -0.25) is 4.79 Å². The van der Waals surface area contributed by atoms with Gasteiger partial charge in [-0.25, -0.2) is 0 Å². The largest absolute Gasteiger partial charge is 0.497 e. The minimum atomic E-state index is -0.217. The van der Waals surface area contributed by atoms with Crippen LogP contribution < -0.4 is 14.2 Å². The van der Waals surface area contributed by atoms with Crippen molar-refractivity contribution in [3.8, 4) is 17.2 Å². The van der Waals surface area contributed by atoms with E-state index in [2.05, 4.69) is 0 Å². The fraction of sp³-hybridized carbons (Fsp3) is 0.286. The van der Waals surface area contributed by atoms with Gasteiger partial charge in [0.05, 0.1) is 28.4 Å². The molecule has 0 aliphatic carbocycles. The summed E-state index contributed by atoms with van der Waals surface area (Å²) >= 11 is 0. The lowest BCUT2D eigenvalue weighted by Crippen LogP contribution is -2.06. The van der Waals surface area contributed by atoms with E-state index in [1.54, 1.807) is 51.7 Å². The number of Topliss-reactive ketones (excluding diaryl/α,β-unsaturated/α-hetero) is 1. The number of carbonyl (C=O) groups excluding carboxylic acids is 1. The molecule has 2 aromatic rings. The Balaban J connectivity index is 2.45. The number of hydrogen-bond donors (Lipinski definition) is 0. The zero-order chi connectivity index (χ0) is 19.1. The summed E-state index contributed by atoms with van der Waals surface area (Å²) in [5, 5.41) is 0. The third-order valence-corrected chi connectivity index (χ3v) is 4.10. The molecule has 0 aliphatic heterocycles. The van der Waals surface area contributed by atoms with Crippen LogP contribution in [-0.2, 0) is 11.2 Å². The molecule has 0 saturated carbocycles. The van der Waals surface area contributed by atoms with E-state index in [1.165, 1.54) is 7.11 Å². The van der Waals surface area contributed by atoms with Crippen LogP contribution in [0.4, 0.5) is 0 Å². The SMILES string of the molecule is CCc1cc(C=C(OC)C(=O)c2ccc(OC)cc2)c(OC)cc1OC. The average molecular weight is 356 g/mol. The van der Waals surface area contributed by atoms with Crippen LogP contribution in [0.2, 0.25) is 0 Å². The van der Waals surface area contributed by atoms with E-state index in [4.69, 9.17) is 18.9 Å². The molecule has 5 nitrogen and oxygen atoms in total. The van der Waals surface area contributed by atoms with Gasteiger partial charge in [-0.15, -0.1) is 0 Å². The molecule has 5 heteroatoms. The Labute approximate surface area is 154 Å². The molecule has 0 aromatic heterocycles. The van der Waals surface area contributed by atoms with E-state index in [0.717, 1.165) is 23.3 Å². The van der Waals surface area contributed by atoms with Crippen LogP contribution in [-0.4, -0.2) is 34.2 Å². The lowest BCUT2D eigenvalue weighted by atomic mass is 10.0. The number of carbonyl (C=O) groups is 1. The topological polar surface area (TPSA) is 54.0 Å². The third kappa shape index (κ3) is 4.17. The van der Waals surface area contributed by atoms with Gasteiger partial charge in [-0.05, 0) is 48.4 Å². The van der Waals surface area contributed by atoms with Gasteiger partial charge < -0.3 is 18.9 Å². The summed E-state index contributed by atoms with van der Waals surface area (Å²) in [5.74, 6) is 2.05. The smallest absolute Gasteiger partial charge is 0.227 e. The molecule has 0 saturated heterocycles. The number of methoxy groups -OCH3 is 4. The van der Waals surface area contributed by atoms with Crippen LogP contribution in [0.5, 0.6) is 17.2 Å². The van der Waals surface area contributed by atoms with Gasteiger partial charge in [0.2, 0.25) is 5.78 Å². The first-order chi connectivity index (χ1) is 12.6. The third-order valence-electron chi connectivity index (χ3n) is 4.10. The van der Waals surface area contributed by atoms with E-state index in [-0.39, 0.29) is 11.5 Å². The van der Waals surface area contributed by atoms with Crippen molar-refractivity contribution in [2.45, 2.75) is 13.3 Å². The highest BCUT2D eigenvalue weighted by Crippen LogP contribution is 2.31. The van der Waals surface area contributed by atoms with Gasteiger partial charge in [-0.1, -0.05) is 6.92 Å². The highest BCUT2D eigenvalue weighted by Gasteiger charge is 2.16. The van der Waals surface area contributed by atoms with Gasteiger partial charge in [0.25, 0.3) is 0 Å². The van der Waals surface area contributed by atoms with Crippen LogP contribution in [0, 0.1) is 0 Å². The van der Waals surface area contributed by atoms with Crippen molar-refractivity contribution in [3.63, 3.8) is 0 Å². The molecule has 0 radical (unpaired) electrons. The molecule has 2 rings (SSSR count). The summed E-state index contributed by atoms with van der Waals surface area (Å²) in [6.45, 7) is 2.04. The molecule has 0 unspecified atom stereocenters. The molecule has 0 heterocycles. The molecular weight excluding hydrogens is 332 g/mol. The lowest BCUT2D eigenvalue weighted by molar-refractivity contribution is 0.0957. The maximum absolute atomic E-state index is 12.8. The molecule has 0 aliphatic rings. The first kappa shape index (κ1) is 19.4. The van der Waals surface area contributed by atoms with Crippen LogP contribution in [0.1, 0.15) is 28.4 Å².